The highest BCUT2D eigenvalue weighted by Crippen LogP contribution is 2.19. The first-order chi connectivity index (χ1) is 12.3. The number of nitrogens with zero attached hydrogens (tertiary/aromatic N) is 3. The summed E-state index contributed by atoms with van der Waals surface area (Å²) >= 11 is 1.60. The summed E-state index contributed by atoms with van der Waals surface area (Å²) in [6.07, 6.45) is -4.34. The van der Waals surface area contributed by atoms with E-state index in [1.165, 1.54) is 12.1 Å². The highest BCUT2D eigenvalue weighted by atomic mass is 32.1. The van der Waals surface area contributed by atoms with Gasteiger partial charge in [0.15, 0.2) is 12.6 Å². The molecule has 26 heavy (non-hydrogen) atoms. The quantitative estimate of drug-likeness (QED) is 0.609. The fourth-order valence-electron chi connectivity index (χ4n) is 2.23. The number of alkyl halides is 3. The number of hydrogen-bond acceptors (Lipinski definition) is 4. The zero-order chi connectivity index (χ0) is 19.2. The number of hydrogen-bond donors (Lipinski definition) is 1. The molecule has 0 fully saturated rings. The third-order valence-electron chi connectivity index (χ3n) is 3.42. The molecule has 142 valence electrons. The minimum Gasteiger partial charge on any atom is -0.484 e. The Kier molecular flexibility index (Phi) is 6.84. The lowest BCUT2D eigenvalue weighted by Crippen LogP contribution is -2.38. The van der Waals surface area contributed by atoms with E-state index in [1.807, 2.05) is 24.3 Å². The van der Waals surface area contributed by atoms with E-state index in [1.54, 1.807) is 30.5 Å². The summed E-state index contributed by atoms with van der Waals surface area (Å²) < 4.78 is 41.1. The van der Waals surface area contributed by atoms with Gasteiger partial charge in [-0.2, -0.15) is 13.2 Å². The Morgan fingerprint density at radius 2 is 2.00 bits per heavy atom. The van der Waals surface area contributed by atoms with Crippen LogP contribution in [-0.2, 0) is 13.1 Å². The number of halogens is 3. The van der Waals surface area contributed by atoms with Crippen molar-refractivity contribution in [1.82, 2.24) is 15.2 Å². The van der Waals surface area contributed by atoms with Crippen molar-refractivity contribution in [3.05, 3.63) is 45.9 Å². The van der Waals surface area contributed by atoms with Crippen LogP contribution in [0.5, 0.6) is 5.75 Å². The van der Waals surface area contributed by atoms with Crippen LogP contribution in [0.1, 0.15) is 16.3 Å². The van der Waals surface area contributed by atoms with Crippen molar-refractivity contribution >= 4 is 17.3 Å². The van der Waals surface area contributed by atoms with Crippen molar-refractivity contribution < 1.29 is 17.9 Å². The van der Waals surface area contributed by atoms with Gasteiger partial charge in [-0.3, -0.25) is 4.99 Å². The summed E-state index contributed by atoms with van der Waals surface area (Å²) in [6.45, 7) is 1.79. The molecule has 5 nitrogen and oxygen atoms in total. The van der Waals surface area contributed by atoms with Crippen molar-refractivity contribution in [2.45, 2.75) is 26.2 Å². The first-order valence-corrected chi connectivity index (χ1v) is 8.76. The molecule has 0 spiro atoms. The summed E-state index contributed by atoms with van der Waals surface area (Å²) in [4.78, 5) is 10.6. The number of guanidine groups is 1. The molecule has 0 radical (unpaired) electrons. The highest BCUT2D eigenvalue weighted by molar-refractivity contribution is 7.09. The lowest BCUT2D eigenvalue weighted by molar-refractivity contribution is -0.153. The molecule has 1 N–H and O–H groups in total. The molecule has 0 atom stereocenters. The Morgan fingerprint density at radius 1 is 1.31 bits per heavy atom. The van der Waals surface area contributed by atoms with Gasteiger partial charge in [0.1, 0.15) is 5.75 Å². The fraction of sp³-hybridized carbons (Fsp3) is 0.412. The number of aryl methyl sites for hydroxylation is 1. The van der Waals surface area contributed by atoms with E-state index >= 15 is 0 Å². The van der Waals surface area contributed by atoms with Gasteiger partial charge >= 0.3 is 6.18 Å². The molecule has 9 heteroatoms. The number of aromatic nitrogens is 1. The maximum Gasteiger partial charge on any atom is 0.422 e. The molecule has 0 aliphatic rings. The Morgan fingerprint density at radius 3 is 2.54 bits per heavy atom. The zero-order valence-electron chi connectivity index (χ0n) is 14.8. The van der Waals surface area contributed by atoms with Gasteiger partial charge in [-0.1, -0.05) is 12.1 Å². The molecule has 0 aliphatic carbocycles. The second-order valence-corrected chi connectivity index (χ2v) is 6.72. The smallest absolute Gasteiger partial charge is 0.422 e. The zero-order valence-corrected chi connectivity index (χ0v) is 15.6. The van der Waals surface area contributed by atoms with Gasteiger partial charge in [-0.05, 0) is 24.6 Å². The van der Waals surface area contributed by atoms with Gasteiger partial charge in [0.2, 0.25) is 0 Å². The highest BCUT2D eigenvalue weighted by Gasteiger charge is 2.28. The molecule has 0 saturated heterocycles. The maximum absolute atomic E-state index is 12.1. The van der Waals surface area contributed by atoms with E-state index in [0.717, 1.165) is 16.3 Å². The van der Waals surface area contributed by atoms with Crippen molar-refractivity contribution in [3.8, 4) is 5.75 Å². The molecule has 2 rings (SSSR count). The number of thiazole rings is 1. The number of ether oxygens (including phenoxy) is 1. The van der Waals surface area contributed by atoms with Gasteiger partial charge in [0.05, 0.1) is 17.2 Å². The van der Waals surface area contributed by atoms with Gasteiger partial charge in [-0.15, -0.1) is 11.3 Å². The Hall–Kier alpha value is -2.29. The molecule has 0 bridgehead atoms. The van der Waals surface area contributed by atoms with Crippen LogP contribution in [0.3, 0.4) is 0 Å². The first-order valence-electron chi connectivity index (χ1n) is 7.88. The third-order valence-corrected chi connectivity index (χ3v) is 4.24. The second kappa shape index (κ2) is 8.88. The maximum atomic E-state index is 12.1. The molecule has 0 saturated carbocycles. The first kappa shape index (κ1) is 20.0. The summed E-state index contributed by atoms with van der Waals surface area (Å²) in [5, 5.41) is 6.25. The third kappa shape index (κ3) is 6.55. The molecule has 1 heterocycles. The Bertz CT molecular complexity index is 728. The Balaban J connectivity index is 1.85. The second-order valence-electron chi connectivity index (χ2n) is 5.66. The molecule has 0 unspecified atom stereocenters. The summed E-state index contributed by atoms with van der Waals surface area (Å²) in [7, 11) is 3.61. The average molecular weight is 386 g/mol. The molecule has 1 aromatic carbocycles. The standard InChI is InChI=1S/C17H21F3N4OS/c1-12-23-14(10-26-12)9-24(3)16(21-2)22-8-13-4-6-15(7-5-13)25-11-17(18,19)20/h4-7,10H,8-9,11H2,1-3H3,(H,21,22). The van der Waals surface area contributed by atoms with Crippen molar-refractivity contribution in [2.24, 2.45) is 4.99 Å². The lowest BCUT2D eigenvalue weighted by atomic mass is 10.2. The SMILES string of the molecule is CN=C(NCc1ccc(OCC(F)(F)F)cc1)N(C)Cc1csc(C)n1. The van der Waals surface area contributed by atoms with Crippen molar-refractivity contribution in [3.63, 3.8) is 0 Å². The summed E-state index contributed by atoms with van der Waals surface area (Å²) in [5.41, 5.74) is 1.88. The molecular formula is C17H21F3N4OS. The van der Waals surface area contributed by atoms with E-state index < -0.39 is 12.8 Å². The monoisotopic (exact) mass is 386 g/mol. The van der Waals surface area contributed by atoms with Gasteiger partial charge < -0.3 is 15.0 Å². The van der Waals surface area contributed by atoms with Gasteiger partial charge in [0, 0.05) is 26.0 Å². The Labute approximate surface area is 154 Å². The lowest BCUT2D eigenvalue weighted by Gasteiger charge is -2.21. The topological polar surface area (TPSA) is 49.8 Å². The van der Waals surface area contributed by atoms with E-state index in [9.17, 15) is 13.2 Å². The van der Waals surface area contributed by atoms with Gasteiger partial charge in [0.25, 0.3) is 0 Å². The molecular weight excluding hydrogens is 365 g/mol. The van der Waals surface area contributed by atoms with Gasteiger partial charge in [-0.25, -0.2) is 4.98 Å². The number of benzene rings is 1. The van der Waals surface area contributed by atoms with Crippen LogP contribution in [0.15, 0.2) is 34.6 Å². The van der Waals surface area contributed by atoms with E-state index in [2.05, 4.69) is 15.3 Å². The fourth-order valence-corrected chi connectivity index (χ4v) is 2.84. The number of aliphatic imine (C=N–C) groups is 1. The van der Waals surface area contributed by atoms with E-state index in [0.29, 0.717) is 19.0 Å². The van der Waals surface area contributed by atoms with Crippen LogP contribution < -0.4 is 10.1 Å². The van der Waals surface area contributed by atoms with Crippen LogP contribution in [0.25, 0.3) is 0 Å². The van der Waals surface area contributed by atoms with Crippen LogP contribution in [0.4, 0.5) is 13.2 Å². The van der Waals surface area contributed by atoms with E-state index in [-0.39, 0.29) is 5.75 Å². The summed E-state index contributed by atoms with van der Waals surface area (Å²) in [5.74, 6) is 0.888. The predicted molar refractivity (Wildman–Crippen MR) is 96.5 cm³/mol. The van der Waals surface area contributed by atoms with Crippen molar-refractivity contribution in [1.29, 1.82) is 0 Å². The number of rotatable bonds is 6. The van der Waals surface area contributed by atoms with Crippen LogP contribution in [0, 0.1) is 6.92 Å². The van der Waals surface area contributed by atoms with Crippen LogP contribution >= 0.6 is 11.3 Å². The average Bonchev–Trinajstić information content (AvgIpc) is 2.98. The molecule has 0 aliphatic heterocycles. The largest absolute Gasteiger partial charge is 0.484 e. The van der Waals surface area contributed by atoms with Crippen LogP contribution in [-0.4, -0.2) is 42.7 Å². The molecule has 1 aromatic heterocycles. The normalized spacial score (nSPS) is 12.2. The van der Waals surface area contributed by atoms with Crippen LogP contribution in [0.2, 0.25) is 0 Å². The summed E-state index contributed by atoms with van der Waals surface area (Å²) in [6, 6.07) is 6.48. The van der Waals surface area contributed by atoms with E-state index in [4.69, 9.17) is 4.74 Å². The molecule has 2 aromatic rings. The molecule has 0 amide bonds. The van der Waals surface area contributed by atoms with Crippen molar-refractivity contribution in [2.75, 3.05) is 20.7 Å². The minimum atomic E-state index is -4.34. The number of nitrogens with one attached hydrogen (secondary N) is 1. The predicted octanol–water partition coefficient (Wildman–Crippen LogP) is 3.60. The minimum absolute atomic E-state index is 0.187.